The summed E-state index contributed by atoms with van der Waals surface area (Å²) in [5, 5.41) is 4.73. The van der Waals surface area contributed by atoms with E-state index in [0.29, 0.717) is 0 Å². The van der Waals surface area contributed by atoms with E-state index in [-0.39, 0.29) is 21.1 Å². The van der Waals surface area contributed by atoms with E-state index in [1.165, 1.54) is 0 Å². The number of hydrogen-bond donors (Lipinski definition) is 1. The quantitative estimate of drug-likeness (QED) is 0.279. The van der Waals surface area contributed by atoms with Crippen LogP contribution in [0.4, 0.5) is 0 Å². The van der Waals surface area contributed by atoms with Crippen LogP contribution in [0.5, 0.6) is 0 Å². The molecule has 5 heavy (non-hydrogen) atoms. The average Bonchev–Trinajstić information content (AvgIpc) is 1.37. The first-order valence-electron chi connectivity index (χ1n) is 0.644. The van der Waals surface area contributed by atoms with Crippen molar-refractivity contribution in [3.05, 3.63) is 0 Å². The Morgan fingerprint density at radius 3 is 2.00 bits per heavy atom. The van der Waals surface area contributed by atoms with Gasteiger partial charge in [0.1, 0.15) is 0 Å². The van der Waals surface area contributed by atoms with Crippen molar-refractivity contribution in [3.63, 3.8) is 0 Å². The molecule has 0 aromatic heterocycles. The van der Waals surface area contributed by atoms with Crippen LogP contribution < -0.4 is 5.14 Å². The molecule has 30 valence electrons. The van der Waals surface area contributed by atoms with E-state index < -0.39 is 0 Å². The summed E-state index contributed by atoms with van der Waals surface area (Å²) in [4.78, 5) is 0. The zero-order valence-corrected chi connectivity index (χ0v) is 5.94. The van der Waals surface area contributed by atoms with Crippen LogP contribution in [0.3, 0.4) is 0 Å². The molecule has 0 atom stereocenters. The molecular weight excluding hydrogens is 186 g/mol. The minimum atomic E-state index is 0. The van der Waals surface area contributed by atoms with Crippen molar-refractivity contribution in [1.29, 1.82) is 0 Å². The van der Waals surface area contributed by atoms with E-state index in [2.05, 4.69) is 16.9 Å². The van der Waals surface area contributed by atoms with Crippen molar-refractivity contribution < 1.29 is 21.1 Å². The van der Waals surface area contributed by atoms with E-state index in [1.807, 2.05) is 0 Å². The fraction of sp³-hybridized carbons (Fsp3) is 0. The molecule has 0 aromatic carbocycles. The fourth-order valence-corrected chi connectivity index (χ4v) is 0. The predicted octanol–water partition coefficient (Wildman–Crippen LogP) is 0.425. The van der Waals surface area contributed by atoms with Crippen LogP contribution in [-0.4, -0.2) is 4.70 Å². The van der Waals surface area contributed by atoms with Crippen molar-refractivity contribution in [3.8, 4) is 0 Å². The third-order valence-corrected chi connectivity index (χ3v) is 0.433. The Bertz CT molecular complexity index is 23.6. The molecule has 0 bridgehead atoms. The van der Waals surface area contributed by atoms with Crippen LogP contribution in [0.25, 0.3) is 0 Å². The van der Waals surface area contributed by atoms with Gasteiger partial charge in [-0.3, -0.25) is 11.9 Å². The summed E-state index contributed by atoms with van der Waals surface area (Å²) in [6.45, 7) is 0. The molecule has 0 unspecified atom stereocenters. The summed E-state index contributed by atoms with van der Waals surface area (Å²) in [5.74, 6) is 0. The first kappa shape index (κ1) is 9.43. The van der Waals surface area contributed by atoms with Crippen molar-refractivity contribution in [2.75, 3.05) is 0 Å². The van der Waals surface area contributed by atoms with Crippen LogP contribution >= 0.6 is 24.2 Å². The van der Waals surface area contributed by atoms with E-state index in [4.69, 9.17) is 5.14 Å². The summed E-state index contributed by atoms with van der Waals surface area (Å²) in [7, 11) is 0. The number of rotatable bonds is 1. The number of nitrogens with two attached hydrogens (primary N) is 1. The summed E-state index contributed by atoms with van der Waals surface area (Å²) in [5.41, 5.74) is 0. The Balaban J connectivity index is 0. The minimum Gasteiger partial charge on any atom is -0.345 e. The minimum absolute atomic E-state index is 0. The zero-order chi connectivity index (χ0) is 3.41. The van der Waals surface area contributed by atoms with Gasteiger partial charge in [-0.1, -0.05) is 0 Å². The molecule has 0 saturated carbocycles. The van der Waals surface area contributed by atoms with Gasteiger partial charge >= 0.3 is 0 Å². The molecule has 0 aliphatic carbocycles. The summed E-state index contributed by atoms with van der Waals surface area (Å²) < 4.78 is 2.21. The molecule has 0 aliphatic rings. The molecule has 0 spiro atoms. The second-order valence-corrected chi connectivity index (χ2v) is 1.10. The molecule has 0 aliphatic heterocycles. The molecule has 1 nitrogen and oxygen atoms in total. The average molecular weight is 188 g/mol. The molecule has 0 fully saturated rings. The zero-order valence-electron chi connectivity index (χ0n) is 2.30. The Labute approximate surface area is 55.1 Å². The topological polar surface area (TPSA) is 26.0 Å². The van der Waals surface area contributed by atoms with E-state index in [0.717, 1.165) is 11.9 Å². The van der Waals surface area contributed by atoms with E-state index in [1.54, 1.807) is 0 Å². The van der Waals surface area contributed by atoms with E-state index >= 15 is 0 Å². The normalized spacial score (nSPS) is 5.00. The largest absolute Gasteiger partial charge is 0.345 e. The maximum Gasteiger partial charge on any atom is 0 e. The molecule has 0 amide bonds. The van der Waals surface area contributed by atoms with Crippen LogP contribution in [0.15, 0.2) is 0 Å². The van der Waals surface area contributed by atoms with Gasteiger partial charge in [-0.25, -0.2) is 0 Å². The number of hydrogen-bond acceptors (Lipinski definition) is 3. The first-order valence-corrected chi connectivity index (χ1v) is 1.93. The maximum absolute atomic E-state index is 4.73. The van der Waals surface area contributed by atoms with E-state index in [9.17, 15) is 0 Å². The smallest absolute Gasteiger partial charge is 0 e. The second kappa shape index (κ2) is 8.92. The van der Waals surface area contributed by atoms with Crippen LogP contribution in [0.2, 0.25) is 0 Å². The van der Waals surface area contributed by atoms with Gasteiger partial charge in [0.25, 0.3) is 0 Å². The third-order valence-electron chi connectivity index (χ3n) is 0.0481. The first-order chi connectivity index (χ1) is 1.91. The molecule has 0 heterocycles. The van der Waals surface area contributed by atoms with Crippen LogP contribution in [0.1, 0.15) is 0 Å². The van der Waals surface area contributed by atoms with Gasteiger partial charge in [-0.05, 0) is 0 Å². The van der Waals surface area contributed by atoms with Gasteiger partial charge in [-0.2, -0.15) is 0 Å². The SMILES string of the molecule is NS[C-]=S.[Mo]. The van der Waals surface area contributed by atoms with Crippen LogP contribution in [-0.2, 0) is 21.1 Å². The van der Waals surface area contributed by atoms with Crippen molar-refractivity contribution >= 4 is 28.9 Å². The molecular formula is CH2MoNS2-. The Morgan fingerprint density at radius 1 is 1.80 bits per heavy atom. The number of thiocarbonyl (C=S) groups is 1. The Morgan fingerprint density at radius 2 is 2.00 bits per heavy atom. The molecule has 0 rings (SSSR count). The standard InChI is InChI=1S/CH2NS2.Mo/c2-4-1-3;/h2H2;/q-1;. The summed E-state index contributed by atoms with van der Waals surface area (Å²) in [6, 6.07) is 0. The van der Waals surface area contributed by atoms with Gasteiger partial charge in [-0.15, -0.1) is 0 Å². The van der Waals surface area contributed by atoms with Gasteiger partial charge < -0.3 is 22.1 Å². The van der Waals surface area contributed by atoms with Gasteiger partial charge in [0.2, 0.25) is 0 Å². The second-order valence-electron chi connectivity index (χ2n) is 0.201. The molecule has 4 heteroatoms. The van der Waals surface area contributed by atoms with Gasteiger partial charge in [0.05, 0.1) is 0 Å². The van der Waals surface area contributed by atoms with Crippen LogP contribution in [0, 0.1) is 0 Å². The Kier molecular flexibility index (Phi) is 16.8. The van der Waals surface area contributed by atoms with Crippen molar-refractivity contribution in [1.82, 2.24) is 0 Å². The van der Waals surface area contributed by atoms with Crippen molar-refractivity contribution in [2.24, 2.45) is 5.14 Å². The molecule has 0 saturated heterocycles. The van der Waals surface area contributed by atoms with Gasteiger partial charge in [0, 0.05) is 21.1 Å². The summed E-state index contributed by atoms with van der Waals surface area (Å²) in [6.07, 6.45) is 0. The maximum atomic E-state index is 4.73. The predicted molar refractivity (Wildman–Crippen MR) is 24.4 cm³/mol. The molecule has 0 aromatic rings. The third kappa shape index (κ3) is 11.1. The summed E-state index contributed by atoms with van der Waals surface area (Å²) >= 11 is 5.06. The fourth-order valence-electron chi connectivity index (χ4n) is 0. The monoisotopic (exact) mass is 190 g/mol. The molecule has 2 N–H and O–H groups in total. The molecule has 0 radical (unpaired) electrons. The van der Waals surface area contributed by atoms with Gasteiger partial charge in [0.15, 0.2) is 0 Å². The Hall–Kier alpha value is 1.09. The van der Waals surface area contributed by atoms with Crippen molar-refractivity contribution in [2.45, 2.75) is 0 Å².